The van der Waals surface area contributed by atoms with Crippen LogP contribution in [0.1, 0.15) is 25.0 Å². The van der Waals surface area contributed by atoms with Crippen molar-refractivity contribution < 1.29 is 14.6 Å². The average molecular weight is 263 g/mol. The van der Waals surface area contributed by atoms with Gasteiger partial charge in [-0.2, -0.15) is 0 Å². The van der Waals surface area contributed by atoms with Crippen LogP contribution in [0.3, 0.4) is 0 Å². The molecule has 5 heteroatoms. The molecule has 1 rings (SSSR count). The molecule has 0 saturated carbocycles. The molecule has 1 atom stereocenters. The summed E-state index contributed by atoms with van der Waals surface area (Å²) >= 11 is 11.6. The van der Waals surface area contributed by atoms with Crippen molar-refractivity contribution in [2.75, 3.05) is 6.61 Å². The van der Waals surface area contributed by atoms with E-state index in [0.29, 0.717) is 17.0 Å². The van der Waals surface area contributed by atoms with Crippen molar-refractivity contribution in [1.82, 2.24) is 0 Å². The van der Waals surface area contributed by atoms with Crippen molar-refractivity contribution in [3.05, 3.63) is 33.8 Å². The molecule has 16 heavy (non-hydrogen) atoms. The van der Waals surface area contributed by atoms with Crippen LogP contribution in [-0.4, -0.2) is 17.7 Å². The Morgan fingerprint density at radius 2 is 2.19 bits per heavy atom. The number of esters is 1. The summed E-state index contributed by atoms with van der Waals surface area (Å²) in [6.07, 6.45) is -0.663. The second-order valence-corrected chi connectivity index (χ2v) is 4.08. The maximum atomic E-state index is 11.4. The van der Waals surface area contributed by atoms with Crippen LogP contribution < -0.4 is 0 Å². The molecule has 0 fully saturated rings. The molecular weight excluding hydrogens is 251 g/mol. The molecule has 88 valence electrons. The van der Waals surface area contributed by atoms with Crippen LogP contribution in [0.15, 0.2) is 18.2 Å². The fourth-order valence-corrected chi connectivity index (χ4v) is 1.64. The number of carbonyl (C=O) groups excluding carboxylic acids is 1. The van der Waals surface area contributed by atoms with Crippen LogP contribution >= 0.6 is 23.2 Å². The largest absolute Gasteiger partial charge is 0.464 e. The molecule has 1 aromatic carbocycles. The number of hydrogen-bond donors (Lipinski definition) is 1. The molecule has 0 spiro atoms. The predicted molar refractivity (Wildman–Crippen MR) is 62.7 cm³/mol. The van der Waals surface area contributed by atoms with Crippen LogP contribution in [0.25, 0.3) is 0 Å². The van der Waals surface area contributed by atoms with Crippen LogP contribution in [-0.2, 0) is 9.53 Å². The zero-order valence-electron chi connectivity index (χ0n) is 8.74. The summed E-state index contributed by atoms with van der Waals surface area (Å²) in [7, 11) is 0. The minimum atomic E-state index is -1.36. The number of aliphatic hydroxyl groups excluding tert-OH is 1. The molecule has 0 heterocycles. The Bertz CT molecular complexity index is 379. The van der Waals surface area contributed by atoms with Gasteiger partial charge in [0.2, 0.25) is 0 Å². The number of benzene rings is 1. The van der Waals surface area contributed by atoms with E-state index in [2.05, 4.69) is 0 Å². The Morgan fingerprint density at radius 3 is 2.75 bits per heavy atom. The lowest BCUT2D eigenvalue weighted by atomic mass is 10.1. The molecule has 1 N–H and O–H groups in total. The summed E-state index contributed by atoms with van der Waals surface area (Å²) in [5.74, 6) is -0.703. The third-order valence-corrected chi connectivity index (χ3v) is 2.49. The lowest BCUT2D eigenvalue weighted by molar-refractivity contribution is -0.153. The van der Waals surface area contributed by atoms with Crippen molar-refractivity contribution in [3.8, 4) is 0 Å². The second kappa shape index (κ2) is 6.09. The quantitative estimate of drug-likeness (QED) is 0.849. The molecule has 0 saturated heterocycles. The van der Waals surface area contributed by atoms with Crippen LogP contribution in [0, 0.1) is 0 Å². The summed E-state index contributed by atoms with van der Waals surface area (Å²) in [6, 6.07) is 4.52. The first-order valence-electron chi connectivity index (χ1n) is 4.86. The van der Waals surface area contributed by atoms with Gasteiger partial charge in [0, 0.05) is 15.6 Å². The minimum absolute atomic E-state index is 0.244. The van der Waals surface area contributed by atoms with E-state index >= 15 is 0 Å². The standard InChI is InChI=1S/C11H12Cl2O3/c1-2-5-16-11(15)10(14)8-4-3-7(12)6-9(8)13/h3-4,6,10,14H,2,5H2,1H3. The van der Waals surface area contributed by atoms with Crippen molar-refractivity contribution >= 4 is 29.2 Å². The van der Waals surface area contributed by atoms with Crippen molar-refractivity contribution in [1.29, 1.82) is 0 Å². The predicted octanol–water partition coefficient (Wildman–Crippen LogP) is 2.98. The molecule has 0 amide bonds. The topological polar surface area (TPSA) is 46.5 Å². The first kappa shape index (κ1) is 13.3. The molecule has 0 aliphatic carbocycles. The van der Waals surface area contributed by atoms with Gasteiger partial charge in [-0.3, -0.25) is 0 Å². The fraction of sp³-hybridized carbons (Fsp3) is 0.364. The maximum Gasteiger partial charge on any atom is 0.339 e. The third-order valence-electron chi connectivity index (χ3n) is 1.93. The van der Waals surface area contributed by atoms with Crippen molar-refractivity contribution in [3.63, 3.8) is 0 Å². The fourth-order valence-electron chi connectivity index (χ4n) is 1.13. The molecule has 0 aliphatic rings. The van der Waals surface area contributed by atoms with E-state index in [4.69, 9.17) is 27.9 Å². The third kappa shape index (κ3) is 3.37. The van der Waals surface area contributed by atoms with Gasteiger partial charge < -0.3 is 9.84 Å². The zero-order valence-corrected chi connectivity index (χ0v) is 10.3. The van der Waals surface area contributed by atoms with E-state index in [1.807, 2.05) is 6.92 Å². The summed E-state index contributed by atoms with van der Waals surface area (Å²) in [6.45, 7) is 2.15. The number of halogens is 2. The first-order valence-corrected chi connectivity index (χ1v) is 5.61. The number of carbonyl (C=O) groups is 1. The molecule has 1 aromatic rings. The number of ether oxygens (including phenoxy) is 1. The van der Waals surface area contributed by atoms with E-state index in [1.165, 1.54) is 12.1 Å². The van der Waals surface area contributed by atoms with Gasteiger partial charge in [0.1, 0.15) is 0 Å². The lowest BCUT2D eigenvalue weighted by Crippen LogP contribution is -2.16. The van der Waals surface area contributed by atoms with Crippen molar-refractivity contribution in [2.24, 2.45) is 0 Å². The molecule has 1 unspecified atom stereocenters. The minimum Gasteiger partial charge on any atom is -0.464 e. The Kier molecular flexibility index (Phi) is 5.06. The first-order chi connectivity index (χ1) is 7.56. The van der Waals surface area contributed by atoms with E-state index in [1.54, 1.807) is 6.07 Å². The zero-order chi connectivity index (χ0) is 12.1. The summed E-state index contributed by atoms with van der Waals surface area (Å²) in [5.41, 5.74) is 0.298. The van der Waals surface area contributed by atoms with E-state index < -0.39 is 12.1 Å². The number of hydrogen-bond acceptors (Lipinski definition) is 3. The molecule has 0 bridgehead atoms. The SMILES string of the molecule is CCCOC(=O)C(O)c1ccc(Cl)cc1Cl. The summed E-state index contributed by atoms with van der Waals surface area (Å²) in [5, 5.41) is 10.4. The highest BCUT2D eigenvalue weighted by molar-refractivity contribution is 6.35. The van der Waals surface area contributed by atoms with Gasteiger partial charge in [-0.15, -0.1) is 0 Å². The molecule has 0 radical (unpaired) electrons. The van der Waals surface area contributed by atoms with Gasteiger partial charge in [-0.25, -0.2) is 4.79 Å². The van der Waals surface area contributed by atoms with Gasteiger partial charge in [0.05, 0.1) is 6.61 Å². The van der Waals surface area contributed by atoms with Gasteiger partial charge in [-0.1, -0.05) is 36.2 Å². The molecular formula is C11H12Cl2O3. The normalized spacial score (nSPS) is 12.2. The maximum absolute atomic E-state index is 11.4. The second-order valence-electron chi connectivity index (χ2n) is 3.24. The van der Waals surface area contributed by atoms with Gasteiger partial charge in [0.25, 0.3) is 0 Å². The van der Waals surface area contributed by atoms with Gasteiger partial charge in [0.15, 0.2) is 6.10 Å². The van der Waals surface area contributed by atoms with E-state index in [9.17, 15) is 9.90 Å². The van der Waals surface area contributed by atoms with Gasteiger partial charge >= 0.3 is 5.97 Å². The molecule has 3 nitrogen and oxygen atoms in total. The Hall–Kier alpha value is -0.770. The highest BCUT2D eigenvalue weighted by atomic mass is 35.5. The smallest absolute Gasteiger partial charge is 0.339 e. The monoisotopic (exact) mass is 262 g/mol. The van der Waals surface area contributed by atoms with E-state index in [-0.39, 0.29) is 11.6 Å². The van der Waals surface area contributed by atoms with Gasteiger partial charge in [-0.05, 0) is 18.6 Å². The Balaban J connectivity index is 2.79. The lowest BCUT2D eigenvalue weighted by Gasteiger charge is -2.12. The number of aliphatic hydroxyl groups is 1. The summed E-state index contributed by atoms with van der Waals surface area (Å²) < 4.78 is 4.81. The average Bonchev–Trinajstić information content (AvgIpc) is 2.25. The molecule has 0 aromatic heterocycles. The van der Waals surface area contributed by atoms with E-state index in [0.717, 1.165) is 0 Å². The van der Waals surface area contributed by atoms with Crippen molar-refractivity contribution in [2.45, 2.75) is 19.4 Å². The molecule has 0 aliphatic heterocycles. The Morgan fingerprint density at radius 1 is 1.50 bits per heavy atom. The van der Waals surface area contributed by atoms with Crippen LogP contribution in [0.5, 0.6) is 0 Å². The summed E-state index contributed by atoms with van der Waals surface area (Å²) in [4.78, 5) is 11.4. The van der Waals surface area contributed by atoms with Crippen LogP contribution in [0.4, 0.5) is 0 Å². The number of rotatable bonds is 4. The van der Waals surface area contributed by atoms with Crippen LogP contribution in [0.2, 0.25) is 10.0 Å². The highest BCUT2D eigenvalue weighted by Gasteiger charge is 2.21. The highest BCUT2D eigenvalue weighted by Crippen LogP contribution is 2.26. The Labute approximate surface area is 104 Å².